The summed E-state index contributed by atoms with van der Waals surface area (Å²) in [6.45, 7) is 6.98. The maximum absolute atomic E-state index is 6.30. The van der Waals surface area contributed by atoms with Crippen LogP contribution < -0.4 is 5.32 Å². The van der Waals surface area contributed by atoms with Crippen LogP contribution in [0.25, 0.3) is 0 Å². The van der Waals surface area contributed by atoms with Crippen molar-refractivity contribution in [1.29, 1.82) is 0 Å². The second-order valence-electron chi connectivity index (χ2n) is 7.93. The molecule has 0 radical (unpaired) electrons. The molecule has 2 nitrogen and oxygen atoms in total. The van der Waals surface area contributed by atoms with Crippen LogP contribution >= 0.6 is 0 Å². The Hall–Kier alpha value is -0.0800. The quantitative estimate of drug-likeness (QED) is 0.811. The van der Waals surface area contributed by atoms with E-state index in [4.69, 9.17) is 4.74 Å². The van der Waals surface area contributed by atoms with E-state index in [0.717, 1.165) is 18.6 Å². The highest BCUT2D eigenvalue weighted by atomic mass is 16.5. The van der Waals surface area contributed by atoms with E-state index in [2.05, 4.69) is 19.2 Å². The summed E-state index contributed by atoms with van der Waals surface area (Å²) in [5, 5.41) is 3.91. The largest absolute Gasteiger partial charge is 0.375 e. The Bertz CT molecular complexity index is 312. The van der Waals surface area contributed by atoms with Crippen molar-refractivity contribution in [3.63, 3.8) is 0 Å². The Morgan fingerprint density at radius 3 is 2.55 bits per heavy atom. The fourth-order valence-electron chi connectivity index (χ4n) is 4.68. The van der Waals surface area contributed by atoms with Gasteiger partial charge < -0.3 is 10.1 Å². The summed E-state index contributed by atoms with van der Waals surface area (Å²) >= 11 is 0. The lowest BCUT2D eigenvalue weighted by Gasteiger charge is -2.47. The minimum absolute atomic E-state index is 0.262. The average Bonchev–Trinajstić information content (AvgIpc) is 3.19. The smallest absolute Gasteiger partial charge is 0.0685 e. The third-order valence-electron chi connectivity index (χ3n) is 6.17. The Morgan fingerprint density at radius 1 is 1.15 bits per heavy atom. The van der Waals surface area contributed by atoms with Crippen LogP contribution in [-0.4, -0.2) is 24.8 Å². The summed E-state index contributed by atoms with van der Waals surface area (Å²) in [5.74, 6) is 0.848. The summed E-state index contributed by atoms with van der Waals surface area (Å²) in [5.41, 5.74) is 0.853. The van der Waals surface area contributed by atoms with Crippen LogP contribution in [-0.2, 0) is 4.74 Å². The summed E-state index contributed by atoms with van der Waals surface area (Å²) < 4.78 is 6.30. The molecule has 1 N–H and O–H groups in total. The molecule has 1 spiro atoms. The van der Waals surface area contributed by atoms with Crippen molar-refractivity contribution in [1.82, 2.24) is 5.32 Å². The van der Waals surface area contributed by atoms with Crippen molar-refractivity contribution in [2.75, 3.05) is 13.2 Å². The topological polar surface area (TPSA) is 21.3 Å². The number of hydrogen-bond donors (Lipinski definition) is 1. The van der Waals surface area contributed by atoms with Gasteiger partial charge in [0.05, 0.1) is 5.60 Å². The predicted octanol–water partition coefficient (Wildman–Crippen LogP) is 4.28. The van der Waals surface area contributed by atoms with Gasteiger partial charge in [0, 0.05) is 12.6 Å². The molecule has 0 aromatic rings. The molecule has 0 bridgehead atoms. The Labute approximate surface area is 125 Å². The van der Waals surface area contributed by atoms with Gasteiger partial charge in [-0.2, -0.15) is 0 Å². The van der Waals surface area contributed by atoms with Crippen molar-refractivity contribution in [2.24, 2.45) is 11.3 Å². The van der Waals surface area contributed by atoms with Crippen molar-refractivity contribution >= 4 is 0 Å². The Kier molecular flexibility index (Phi) is 4.42. The van der Waals surface area contributed by atoms with Gasteiger partial charge in [0.2, 0.25) is 0 Å². The number of hydrogen-bond acceptors (Lipinski definition) is 2. The SMILES string of the molecule is CCCNC(C1CCOC2(CCCCC2)C1)C1(C)CC1. The third-order valence-corrected chi connectivity index (χ3v) is 6.17. The monoisotopic (exact) mass is 279 g/mol. The molecule has 3 fully saturated rings. The van der Waals surface area contributed by atoms with Gasteiger partial charge >= 0.3 is 0 Å². The minimum Gasteiger partial charge on any atom is -0.375 e. The molecule has 2 saturated carbocycles. The van der Waals surface area contributed by atoms with Crippen LogP contribution in [0.15, 0.2) is 0 Å². The van der Waals surface area contributed by atoms with E-state index in [9.17, 15) is 0 Å². The summed E-state index contributed by atoms with van der Waals surface area (Å²) in [7, 11) is 0. The second-order valence-corrected chi connectivity index (χ2v) is 7.93. The summed E-state index contributed by atoms with van der Waals surface area (Å²) in [4.78, 5) is 0. The van der Waals surface area contributed by atoms with E-state index < -0.39 is 0 Å². The summed E-state index contributed by atoms with van der Waals surface area (Å²) in [6, 6.07) is 0.741. The molecule has 3 rings (SSSR count). The molecular formula is C18H33NO. The van der Waals surface area contributed by atoms with Gasteiger partial charge in [-0.1, -0.05) is 33.1 Å². The van der Waals surface area contributed by atoms with E-state index in [1.807, 2.05) is 0 Å². The van der Waals surface area contributed by atoms with Crippen LogP contribution in [0.4, 0.5) is 0 Å². The zero-order valence-electron chi connectivity index (χ0n) is 13.5. The van der Waals surface area contributed by atoms with E-state index in [-0.39, 0.29) is 5.60 Å². The molecule has 2 unspecified atom stereocenters. The van der Waals surface area contributed by atoms with Crippen molar-refractivity contribution < 1.29 is 4.74 Å². The van der Waals surface area contributed by atoms with Crippen LogP contribution in [0.1, 0.15) is 78.1 Å². The van der Waals surface area contributed by atoms with Gasteiger partial charge in [0.15, 0.2) is 0 Å². The first-order valence-corrected chi connectivity index (χ1v) is 9.05. The van der Waals surface area contributed by atoms with Gasteiger partial charge in [-0.3, -0.25) is 0 Å². The summed E-state index contributed by atoms with van der Waals surface area (Å²) in [6.07, 6.45) is 13.5. The molecule has 2 heteroatoms. The van der Waals surface area contributed by atoms with Gasteiger partial charge in [-0.25, -0.2) is 0 Å². The highest BCUT2D eigenvalue weighted by molar-refractivity contribution is 5.04. The minimum atomic E-state index is 0.262. The van der Waals surface area contributed by atoms with Crippen LogP contribution in [0.2, 0.25) is 0 Å². The van der Waals surface area contributed by atoms with Crippen molar-refractivity contribution in [3.05, 3.63) is 0 Å². The Morgan fingerprint density at radius 2 is 1.90 bits per heavy atom. The van der Waals surface area contributed by atoms with Gasteiger partial charge in [0.1, 0.15) is 0 Å². The van der Waals surface area contributed by atoms with Crippen molar-refractivity contribution in [3.8, 4) is 0 Å². The van der Waals surface area contributed by atoms with Gasteiger partial charge in [-0.05, 0) is 62.8 Å². The molecule has 0 amide bonds. The van der Waals surface area contributed by atoms with E-state index in [1.54, 1.807) is 0 Å². The molecule has 0 aromatic carbocycles. The molecule has 2 atom stereocenters. The molecule has 0 aromatic heterocycles. The standard InChI is InChI=1S/C18H33NO/c1-3-12-19-16(17(2)10-11-17)15-7-13-20-18(14-15)8-5-4-6-9-18/h15-16,19H,3-14H2,1-2H3. The number of ether oxygens (including phenoxy) is 1. The molecule has 20 heavy (non-hydrogen) atoms. The highest BCUT2D eigenvalue weighted by Crippen LogP contribution is 2.53. The molecule has 116 valence electrons. The molecule has 3 aliphatic rings. The first kappa shape index (κ1) is 14.8. The maximum Gasteiger partial charge on any atom is 0.0685 e. The maximum atomic E-state index is 6.30. The first-order chi connectivity index (χ1) is 9.68. The third kappa shape index (κ3) is 3.06. The zero-order valence-corrected chi connectivity index (χ0v) is 13.5. The fourth-order valence-corrected chi connectivity index (χ4v) is 4.68. The van der Waals surface area contributed by atoms with E-state index in [0.29, 0.717) is 5.41 Å². The fraction of sp³-hybridized carbons (Fsp3) is 1.00. The number of rotatable bonds is 5. The van der Waals surface area contributed by atoms with Crippen LogP contribution in [0.3, 0.4) is 0 Å². The van der Waals surface area contributed by atoms with Crippen LogP contribution in [0.5, 0.6) is 0 Å². The average molecular weight is 279 g/mol. The zero-order chi connectivity index (χ0) is 14.1. The van der Waals surface area contributed by atoms with Crippen molar-refractivity contribution in [2.45, 2.75) is 89.7 Å². The lowest BCUT2D eigenvalue weighted by molar-refractivity contribution is -0.124. The first-order valence-electron chi connectivity index (χ1n) is 9.05. The Balaban J connectivity index is 1.67. The normalized spacial score (nSPS) is 33.0. The molecule has 2 aliphatic carbocycles. The molecular weight excluding hydrogens is 246 g/mol. The second kappa shape index (κ2) is 5.96. The van der Waals surface area contributed by atoms with Gasteiger partial charge in [0.25, 0.3) is 0 Å². The van der Waals surface area contributed by atoms with Gasteiger partial charge in [-0.15, -0.1) is 0 Å². The highest BCUT2D eigenvalue weighted by Gasteiger charge is 2.50. The predicted molar refractivity (Wildman–Crippen MR) is 83.9 cm³/mol. The van der Waals surface area contributed by atoms with E-state index in [1.165, 1.54) is 70.8 Å². The van der Waals surface area contributed by atoms with E-state index >= 15 is 0 Å². The van der Waals surface area contributed by atoms with Crippen LogP contribution in [0, 0.1) is 11.3 Å². The molecule has 1 saturated heterocycles. The number of nitrogens with one attached hydrogen (secondary N) is 1. The lowest BCUT2D eigenvalue weighted by atomic mass is 9.71. The molecule has 1 heterocycles. The lowest BCUT2D eigenvalue weighted by Crippen LogP contribution is -2.50. The molecule has 1 aliphatic heterocycles.